The van der Waals surface area contributed by atoms with Crippen LogP contribution < -0.4 is 5.32 Å². The molecule has 0 aliphatic rings. The summed E-state index contributed by atoms with van der Waals surface area (Å²) in [5, 5.41) is 7.14. The molecule has 24 heavy (non-hydrogen) atoms. The highest BCUT2D eigenvalue weighted by atomic mass is 127. The molecule has 3 aromatic rings. The van der Waals surface area contributed by atoms with E-state index in [1.807, 2.05) is 47.3 Å². The number of methoxy groups -OCH3 is 1. The first-order valence-electron chi connectivity index (χ1n) is 7.44. The zero-order valence-corrected chi connectivity index (χ0v) is 15.3. The molecule has 1 aromatic carbocycles. The van der Waals surface area contributed by atoms with Crippen LogP contribution in [-0.2, 0) is 11.3 Å². The van der Waals surface area contributed by atoms with E-state index >= 15 is 0 Å². The van der Waals surface area contributed by atoms with Crippen LogP contribution in [0.5, 0.6) is 0 Å². The van der Waals surface area contributed by atoms with Crippen molar-refractivity contribution in [1.29, 1.82) is 0 Å². The first kappa shape index (κ1) is 16.7. The standard InChI is InChI=1S/C17H17IN4O2/c1-24-11-10-21-9-7-16(20-21)19-17(23)15-6-3-8-22(15)14-5-2-4-13(18)12-14/h2-9,12H,10-11H2,1H3,(H,19,20,23). The van der Waals surface area contributed by atoms with Gasteiger partial charge in [-0.25, -0.2) is 0 Å². The van der Waals surface area contributed by atoms with Crippen LogP contribution in [0.25, 0.3) is 5.69 Å². The molecule has 0 fully saturated rings. The molecule has 0 aliphatic heterocycles. The smallest absolute Gasteiger partial charge is 0.273 e. The summed E-state index contributed by atoms with van der Waals surface area (Å²) >= 11 is 2.25. The summed E-state index contributed by atoms with van der Waals surface area (Å²) in [6.45, 7) is 1.22. The topological polar surface area (TPSA) is 61.1 Å². The lowest BCUT2D eigenvalue weighted by atomic mass is 10.3. The highest BCUT2D eigenvalue weighted by Gasteiger charge is 2.13. The number of ether oxygens (including phenoxy) is 1. The van der Waals surface area contributed by atoms with Crippen molar-refractivity contribution in [3.8, 4) is 5.69 Å². The van der Waals surface area contributed by atoms with Crippen LogP contribution >= 0.6 is 22.6 Å². The van der Waals surface area contributed by atoms with Gasteiger partial charge in [-0.05, 0) is 52.9 Å². The van der Waals surface area contributed by atoms with Gasteiger partial charge in [0.25, 0.3) is 5.91 Å². The van der Waals surface area contributed by atoms with E-state index < -0.39 is 0 Å². The van der Waals surface area contributed by atoms with E-state index in [2.05, 4.69) is 33.0 Å². The molecule has 3 rings (SSSR count). The summed E-state index contributed by atoms with van der Waals surface area (Å²) in [7, 11) is 1.64. The molecular weight excluding hydrogens is 419 g/mol. The largest absolute Gasteiger partial charge is 0.383 e. The molecule has 0 saturated heterocycles. The molecule has 0 saturated carbocycles. The van der Waals surface area contributed by atoms with Gasteiger partial charge in [0, 0.05) is 34.8 Å². The molecule has 1 amide bonds. The Labute approximate surface area is 153 Å². The number of nitrogens with zero attached hydrogens (tertiary/aromatic N) is 3. The average Bonchev–Trinajstić information content (AvgIpc) is 3.22. The minimum absolute atomic E-state index is 0.198. The van der Waals surface area contributed by atoms with Gasteiger partial charge in [0.15, 0.2) is 5.82 Å². The number of amides is 1. The maximum atomic E-state index is 12.6. The molecule has 0 unspecified atom stereocenters. The highest BCUT2D eigenvalue weighted by Crippen LogP contribution is 2.17. The van der Waals surface area contributed by atoms with Gasteiger partial charge in [-0.2, -0.15) is 5.10 Å². The summed E-state index contributed by atoms with van der Waals surface area (Å²) in [4.78, 5) is 12.6. The molecule has 124 valence electrons. The van der Waals surface area contributed by atoms with E-state index in [1.165, 1.54) is 0 Å². The minimum Gasteiger partial charge on any atom is -0.383 e. The Balaban J connectivity index is 1.77. The van der Waals surface area contributed by atoms with Crippen molar-refractivity contribution in [2.75, 3.05) is 19.0 Å². The summed E-state index contributed by atoms with van der Waals surface area (Å²) in [6, 6.07) is 13.4. The predicted molar refractivity (Wildman–Crippen MR) is 101 cm³/mol. The molecule has 0 radical (unpaired) electrons. The van der Waals surface area contributed by atoms with E-state index in [0.717, 1.165) is 9.26 Å². The Morgan fingerprint density at radius 2 is 2.12 bits per heavy atom. The summed E-state index contributed by atoms with van der Waals surface area (Å²) in [5.74, 6) is 0.322. The second kappa shape index (κ2) is 7.63. The number of halogens is 1. The number of hydrogen-bond donors (Lipinski definition) is 1. The fourth-order valence-electron chi connectivity index (χ4n) is 2.34. The number of aromatic nitrogens is 3. The number of benzene rings is 1. The van der Waals surface area contributed by atoms with Crippen LogP contribution in [0.4, 0.5) is 5.82 Å². The maximum Gasteiger partial charge on any atom is 0.273 e. The van der Waals surface area contributed by atoms with E-state index in [0.29, 0.717) is 24.7 Å². The minimum atomic E-state index is -0.198. The monoisotopic (exact) mass is 436 g/mol. The van der Waals surface area contributed by atoms with Gasteiger partial charge in [0.05, 0.1) is 13.2 Å². The zero-order chi connectivity index (χ0) is 16.9. The number of carbonyl (C=O) groups excluding carboxylic acids is 1. The van der Waals surface area contributed by atoms with Gasteiger partial charge in [0.1, 0.15) is 5.69 Å². The number of rotatable bonds is 6. The number of hydrogen-bond acceptors (Lipinski definition) is 3. The van der Waals surface area contributed by atoms with Gasteiger partial charge < -0.3 is 14.6 Å². The zero-order valence-electron chi connectivity index (χ0n) is 13.1. The number of carbonyl (C=O) groups is 1. The third-order valence-electron chi connectivity index (χ3n) is 3.47. The van der Waals surface area contributed by atoms with Crippen LogP contribution in [0, 0.1) is 3.57 Å². The SMILES string of the molecule is COCCn1ccc(NC(=O)c2cccn2-c2cccc(I)c2)n1. The fourth-order valence-corrected chi connectivity index (χ4v) is 2.86. The summed E-state index contributed by atoms with van der Waals surface area (Å²) in [6.07, 6.45) is 3.69. The van der Waals surface area contributed by atoms with Crippen molar-refractivity contribution in [1.82, 2.24) is 14.3 Å². The molecule has 7 heteroatoms. The molecule has 6 nitrogen and oxygen atoms in total. The van der Waals surface area contributed by atoms with Gasteiger partial charge in [-0.1, -0.05) is 6.07 Å². The Morgan fingerprint density at radius 3 is 2.92 bits per heavy atom. The van der Waals surface area contributed by atoms with Crippen LogP contribution in [0.3, 0.4) is 0 Å². The summed E-state index contributed by atoms with van der Waals surface area (Å²) < 4.78 is 9.72. The second-order valence-electron chi connectivity index (χ2n) is 5.15. The van der Waals surface area contributed by atoms with Crippen molar-refractivity contribution in [3.05, 3.63) is 64.1 Å². The lowest BCUT2D eigenvalue weighted by Gasteiger charge is -2.09. The van der Waals surface area contributed by atoms with Crippen molar-refractivity contribution < 1.29 is 9.53 Å². The van der Waals surface area contributed by atoms with E-state index in [9.17, 15) is 4.79 Å². The molecule has 1 N–H and O–H groups in total. The quantitative estimate of drug-likeness (QED) is 0.604. The normalized spacial score (nSPS) is 10.8. The molecule has 2 aromatic heterocycles. The first-order chi connectivity index (χ1) is 11.7. The van der Waals surface area contributed by atoms with Gasteiger partial charge in [0.2, 0.25) is 0 Å². The summed E-state index contributed by atoms with van der Waals surface area (Å²) in [5.41, 5.74) is 1.51. The van der Waals surface area contributed by atoms with Crippen molar-refractivity contribution >= 4 is 34.3 Å². The maximum absolute atomic E-state index is 12.6. The third kappa shape index (κ3) is 3.85. The highest BCUT2D eigenvalue weighted by molar-refractivity contribution is 14.1. The second-order valence-corrected chi connectivity index (χ2v) is 6.40. The molecule has 0 spiro atoms. The van der Waals surface area contributed by atoms with Crippen LogP contribution in [0.1, 0.15) is 10.5 Å². The van der Waals surface area contributed by atoms with Gasteiger partial charge in [-0.3, -0.25) is 9.48 Å². The first-order valence-corrected chi connectivity index (χ1v) is 8.52. The molecule has 0 aliphatic carbocycles. The lowest BCUT2D eigenvalue weighted by molar-refractivity contribution is 0.102. The number of anilines is 1. The molecule has 0 atom stereocenters. The van der Waals surface area contributed by atoms with Crippen LogP contribution in [-0.4, -0.2) is 34.0 Å². The Kier molecular flexibility index (Phi) is 5.31. The van der Waals surface area contributed by atoms with Crippen molar-refractivity contribution in [3.63, 3.8) is 0 Å². The Morgan fingerprint density at radius 1 is 1.25 bits per heavy atom. The van der Waals surface area contributed by atoms with E-state index in [-0.39, 0.29) is 5.91 Å². The molecule has 2 heterocycles. The lowest BCUT2D eigenvalue weighted by Crippen LogP contribution is -2.17. The van der Waals surface area contributed by atoms with Gasteiger partial charge in [-0.15, -0.1) is 0 Å². The molecular formula is C17H17IN4O2. The van der Waals surface area contributed by atoms with E-state index in [4.69, 9.17) is 4.74 Å². The Hall–Kier alpha value is -2.13. The Bertz CT molecular complexity index is 840. The predicted octanol–water partition coefficient (Wildman–Crippen LogP) is 3.18. The van der Waals surface area contributed by atoms with Crippen molar-refractivity contribution in [2.24, 2.45) is 0 Å². The van der Waals surface area contributed by atoms with Crippen molar-refractivity contribution in [2.45, 2.75) is 6.54 Å². The van der Waals surface area contributed by atoms with E-state index in [1.54, 1.807) is 23.9 Å². The van der Waals surface area contributed by atoms with Gasteiger partial charge >= 0.3 is 0 Å². The third-order valence-corrected chi connectivity index (χ3v) is 4.15. The van der Waals surface area contributed by atoms with Crippen LogP contribution in [0.15, 0.2) is 54.9 Å². The average molecular weight is 436 g/mol. The van der Waals surface area contributed by atoms with Crippen LogP contribution in [0.2, 0.25) is 0 Å². The molecule has 0 bridgehead atoms. The fraction of sp³-hybridized carbons (Fsp3) is 0.176. The number of nitrogens with one attached hydrogen (secondary N) is 1.